The van der Waals surface area contributed by atoms with Crippen LogP contribution in [0.25, 0.3) is 0 Å². The number of carbonyl (C=O) groups excluding carboxylic acids is 2. The van der Waals surface area contributed by atoms with Crippen molar-refractivity contribution in [2.45, 2.75) is 186 Å². The van der Waals surface area contributed by atoms with Crippen molar-refractivity contribution in [3.05, 3.63) is 72.9 Å². The highest BCUT2D eigenvalue weighted by molar-refractivity contribution is 7.47. The van der Waals surface area contributed by atoms with Gasteiger partial charge in [-0.05, 0) is 89.9 Å². The predicted octanol–water partition coefficient (Wildman–Crippen LogP) is 11.5. The van der Waals surface area contributed by atoms with E-state index >= 15 is 0 Å². The number of aliphatic carboxylic acids is 1. The molecule has 0 radical (unpaired) electrons. The van der Waals surface area contributed by atoms with Gasteiger partial charge in [-0.1, -0.05) is 144 Å². The normalized spacial score (nSPS) is 14.3. The van der Waals surface area contributed by atoms with Gasteiger partial charge < -0.3 is 30.3 Å². The molecule has 0 aromatic carbocycles. The number of ether oxygens (including phenoxy) is 2. The number of phosphoric acid groups is 1. The average Bonchev–Trinajstić information content (AvgIpc) is 3.24. The van der Waals surface area contributed by atoms with E-state index in [1.807, 2.05) is 12.2 Å². The molecule has 350 valence electrons. The van der Waals surface area contributed by atoms with E-state index < -0.39 is 51.1 Å². The van der Waals surface area contributed by atoms with Crippen molar-refractivity contribution < 1.29 is 52.6 Å². The topological polar surface area (TPSA) is 192 Å². The maximum atomic E-state index is 12.7. The van der Waals surface area contributed by atoms with E-state index in [0.717, 1.165) is 83.5 Å². The van der Waals surface area contributed by atoms with Crippen LogP contribution in [0.15, 0.2) is 72.9 Å². The molecule has 61 heavy (non-hydrogen) atoms. The van der Waals surface area contributed by atoms with Gasteiger partial charge in [0.1, 0.15) is 12.6 Å². The summed E-state index contributed by atoms with van der Waals surface area (Å²) in [7, 11) is -4.74. The summed E-state index contributed by atoms with van der Waals surface area (Å²) in [6.07, 6.45) is 49.8. The molecule has 0 aromatic heterocycles. The Balaban J connectivity index is 4.42. The molecule has 1 unspecified atom stereocenters. The lowest BCUT2D eigenvalue weighted by atomic mass is 10.1. The number of aliphatic hydroxyl groups is 1. The van der Waals surface area contributed by atoms with Crippen LogP contribution in [0.1, 0.15) is 174 Å². The molecule has 0 bridgehead atoms. The Morgan fingerprint density at radius 2 is 0.951 bits per heavy atom. The number of esters is 2. The largest absolute Gasteiger partial charge is 0.480 e. The van der Waals surface area contributed by atoms with E-state index in [-0.39, 0.29) is 26.1 Å². The number of hydrogen-bond acceptors (Lipinski definition) is 10. The summed E-state index contributed by atoms with van der Waals surface area (Å²) in [6.45, 7) is 0.722. The number of phosphoric ester groups is 1. The molecule has 13 heteroatoms. The van der Waals surface area contributed by atoms with Crippen molar-refractivity contribution in [2.75, 3.05) is 26.4 Å². The third-order valence-electron chi connectivity index (χ3n) is 9.48. The minimum atomic E-state index is -4.74. The predicted molar refractivity (Wildman–Crippen MR) is 246 cm³/mol. The van der Waals surface area contributed by atoms with E-state index in [1.165, 1.54) is 51.4 Å². The Labute approximate surface area is 368 Å². The van der Waals surface area contributed by atoms with Crippen molar-refractivity contribution in [1.82, 2.24) is 0 Å². The van der Waals surface area contributed by atoms with Crippen LogP contribution in [0.3, 0.4) is 0 Å². The quantitative estimate of drug-likeness (QED) is 0.0196. The van der Waals surface area contributed by atoms with Crippen molar-refractivity contribution in [2.24, 2.45) is 5.73 Å². The molecule has 12 nitrogen and oxygen atoms in total. The first-order valence-corrected chi connectivity index (χ1v) is 24.6. The van der Waals surface area contributed by atoms with Gasteiger partial charge in [0.2, 0.25) is 0 Å². The van der Waals surface area contributed by atoms with Crippen molar-refractivity contribution in [3.63, 3.8) is 0 Å². The summed E-state index contributed by atoms with van der Waals surface area (Å²) >= 11 is 0. The van der Waals surface area contributed by atoms with E-state index in [9.17, 15) is 23.8 Å². The molecular formula is C48H82NO11P. The molecular weight excluding hydrogens is 797 g/mol. The van der Waals surface area contributed by atoms with Gasteiger partial charge in [0.15, 0.2) is 6.10 Å². The monoisotopic (exact) mass is 880 g/mol. The van der Waals surface area contributed by atoms with Gasteiger partial charge in [-0.25, -0.2) is 4.57 Å². The molecule has 0 saturated heterocycles. The molecule has 0 aliphatic rings. The second-order valence-corrected chi connectivity index (χ2v) is 16.7. The summed E-state index contributed by atoms with van der Waals surface area (Å²) in [5.41, 5.74) is 5.33. The van der Waals surface area contributed by atoms with Crippen LogP contribution in [-0.2, 0) is 37.5 Å². The van der Waals surface area contributed by atoms with Crippen LogP contribution in [0.5, 0.6) is 0 Å². The first-order chi connectivity index (χ1) is 29.6. The highest BCUT2D eigenvalue weighted by Crippen LogP contribution is 2.43. The van der Waals surface area contributed by atoms with Gasteiger partial charge in [-0.2, -0.15) is 0 Å². The Kier molecular flexibility index (Phi) is 41.3. The average molecular weight is 880 g/mol. The number of carboxylic acid groups (broad SMARTS) is 1. The standard InChI is InChI=1S/C48H82NO11P/c1-2-3-4-5-6-7-8-9-10-11-12-14-18-21-24-27-30-33-36-39-47(52)60-44(42-58-61(55,56)59-43-45(49)48(53)54)41-57-46(51)38-35-32-29-26-23-20-17-15-13-16-19-22-25-28-31-34-37-40-50/h6-7,9-10,13,16-17,20,22,25-26,29,44-45,50H,2-5,8,11-12,14-15,18-19,21,23-24,27-28,30-43,49H2,1H3,(H,53,54)(H,55,56)/b7-6-,10-9-,16-13-,20-17-,25-22-,29-26-/t44-,45+/m1/s1. The number of allylic oxidation sites excluding steroid dienone is 12. The lowest BCUT2D eigenvalue weighted by Gasteiger charge is -2.20. The van der Waals surface area contributed by atoms with Crippen LogP contribution >= 0.6 is 7.82 Å². The molecule has 0 saturated carbocycles. The minimum absolute atomic E-state index is 0.132. The number of aliphatic hydroxyl groups excluding tert-OH is 1. The van der Waals surface area contributed by atoms with Crippen LogP contribution in [0.4, 0.5) is 0 Å². The highest BCUT2D eigenvalue weighted by atomic mass is 31.2. The summed E-state index contributed by atoms with van der Waals surface area (Å²) in [6, 6.07) is -1.54. The zero-order chi connectivity index (χ0) is 44.9. The van der Waals surface area contributed by atoms with Gasteiger partial charge in [0.25, 0.3) is 0 Å². The fourth-order valence-electron chi connectivity index (χ4n) is 5.83. The fourth-order valence-corrected chi connectivity index (χ4v) is 6.61. The lowest BCUT2D eigenvalue weighted by molar-refractivity contribution is -0.161. The van der Waals surface area contributed by atoms with E-state index in [0.29, 0.717) is 19.3 Å². The van der Waals surface area contributed by atoms with Gasteiger partial charge >= 0.3 is 25.7 Å². The molecule has 0 amide bonds. The van der Waals surface area contributed by atoms with Gasteiger partial charge in [0.05, 0.1) is 13.2 Å². The zero-order valence-corrected chi connectivity index (χ0v) is 38.3. The number of nitrogens with two attached hydrogens (primary N) is 1. The third kappa shape index (κ3) is 43.3. The fraction of sp³-hybridized carbons (Fsp3) is 0.688. The number of unbranched alkanes of at least 4 members (excludes halogenated alkanes) is 16. The summed E-state index contributed by atoms with van der Waals surface area (Å²) in [4.78, 5) is 46.0. The second-order valence-electron chi connectivity index (χ2n) is 15.3. The summed E-state index contributed by atoms with van der Waals surface area (Å²) in [5.74, 6) is -2.48. The molecule has 0 spiro atoms. The first kappa shape index (κ1) is 57.9. The SMILES string of the molecule is CCCCC/C=C\C/C=C\CCCCCCCCCCCC(=O)O[C@H](COC(=O)CCC/C=C\C/C=C\C/C=C\C/C=C\CCCCCO)COP(=O)(O)OC[C@H](N)C(=O)O. The molecule has 0 aromatic rings. The minimum Gasteiger partial charge on any atom is -0.480 e. The Morgan fingerprint density at radius 1 is 0.541 bits per heavy atom. The third-order valence-corrected chi connectivity index (χ3v) is 10.4. The highest BCUT2D eigenvalue weighted by Gasteiger charge is 2.28. The maximum absolute atomic E-state index is 12.7. The molecule has 0 aliphatic heterocycles. The number of carboxylic acids is 1. The van der Waals surface area contributed by atoms with Gasteiger partial charge in [-0.3, -0.25) is 23.4 Å². The van der Waals surface area contributed by atoms with Crippen LogP contribution < -0.4 is 5.73 Å². The molecule has 0 rings (SSSR count). The second kappa shape index (κ2) is 43.5. The Bertz CT molecular complexity index is 1310. The van der Waals surface area contributed by atoms with E-state index in [2.05, 4.69) is 72.2 Å². The van der Waals surface area contributed by atoms with Crippen molar-refractivity contribution >= 4 is 25.7 Å². The summed E-state index contributed by atoms with van der Waals surface area (Å²) < 4.78 is 32.7. The van der Waals surface area contributed by atoms with E-state index in [4.69, 9.17) is 29.9 Å². The van der Waals surface area contributed by atoms with E-state index in [1.54, 1.807) is 0 Å². The van der Waals surface area contributed by atoms with Gasteiger partial charge in [0, 0.05) is 19.4 Å². The van der Waals surface area contributed by atoms with Crippen LogP contribution in [0.2, 0.25) is 0 Å². The lowest BCUT2D eigenvalue weighted by Crippen LogP contribution is -2.34. The number of rotatable bonds is 43. The first-order valence-electron chi connectivity index (χ1n) is 23.1. The van der Waals surface area contributed by atoms with Crippen LogP contribution in [-0.4, -0.2) is 71.6 Å². The smallest absolute Gasteiger partial charge is 0.472 e. The maximum Gasteiger partial charge on any atom is 0.472 e. The van der Waals surface area contributed by atoms with Crippen molar-refractivity contribution in [1.29, 1.82) is 0 Å². The zero-order valence-electron chi connectivity index (χ0n) is 37.4. The molecule has 0 fully saturated rings. The molecule has 0 aliphatic carbocycles. The van der Waals surface area contributed by atoms with Crippen LogP contribution in [0, 0.1) is 0 Å². The summed E-state index contributed by atoms with van der Waals surface area (Å²) in [5, 5.41) is 17.7. The molecule has 0 heterocycles. The molecule has 5 N–H and O–H groups in total. The Morgan fingerprint density at radius 3 is 1.44 bits per heavy atom. The van der Waals surface area contributed by atoms with Crippen molar-refractivity contribution in [3.8, 4) is 0 Å². The van der Waals surface area contributed by atoms with Gasteiger partial charge in [-0.15, -0.1) is 0 Å². The molecule has 3 atom stereocenters. The Hall–Kier alpha value is -3.12. The number of hydrogen-bond donors (Lipinski definition) is 4. The number of carbonyl (C=O) groups is 3.